The number of anilines is 1. The van der Waals surface area contributed by atoms with Crippen molar-refractivity contribution >= 4 is 17.6 Å². The number of nitrogens with zero attached hydrogens (tertiary/aromatic N) is 2. The Morgan fingerprint density at radius 1 is 1.17 bits per heavy atom. The fraction of sp³-hybridized carbons (Fsp3) is 0.650. The highest BCUT2D eigenvalue weighted by molar-refractivity contribution is 5.90. The van der Waals surface area contributed by atoms with Crippen LogP contribution in [-0.4, -0.2) is 40.8 Å². The van der Waals surface area contributed by atoms with Crippen molar-refractivity contribution in [3.63, 3.8) is 0 Å². The van der Waals surface area contributed by atoms with E-state index in [9.17, 15) is 22.8 Å². The molecule has 3 N–H and O–H groups in total. The summed E-state index contributed by atoms with van der Waals surface area (Å²) in [7, 11) is 0. The quantitative estimate of drug-likeness (QED) is 0.795. The smallest absolute Gasteiger partial charge is 0.342 e. The maximum Gasteiger partial charge on any atom is 0.416 e. The number of carbonyl (C=O) groups is 2. The summed E-state index contributed by atoms with van der Waals surface area (Å²) in [5.41, 5.74) is 5.26. The molecule has 1 saturated carbocycles. The molecule has 1 aromatic heterocycles. The molecule has 2 amide bonds. The Balaban J connectivity index is 1.47. The predicted octanol–water partition coefficient (Wildman–Crippen LogP) is 3.19. The monoisotopic (exact) mass is 412 g/mol. The number of nitrogens with two attached hydrogens (primary N) is 1. The Hall–Kier alpha value is -2.16. The molecule has 0 aromatic carbocycles. The summed E-state index contributed by atoms with van der Waals surface area (Å²) in [6, 6.07) is 1.62. The molecule has 2 heterocycles. The van der Waals surface area contributed by atoms with Gasteiger partial charge in [0.2, 0.25) is 11.8 Å². The number of pyridine rings is 1. The van der Waals surface area contributed by atoms with E-state index in [1.54, 1.807) is 0 Å². The van der Waals surface area contributed by atoms with Crippen LogP contribution in [0.2, 0.25) is 0 Å². The van der Waals surface area contributed by atoms with Gasteiger partial charge in [-0.3, -0.25) is 9.59 Å². The second kappa shape index (κ2) is 9.11. The third kappa shape index (κ3) is 5.68. The van der Waals surface area contributed by atoms with Crippen molar-refractivity contribution < 1.29 is 22.8 Å². The molecule has 1 saturated heterocycles. The summed E-state index contributed by atoms with van der Waals surface area (Å²) in [6.45, 7) is 1.17. The lowest BCUT2D eigenvalue weighted by Gasteiger charge is -2.37. The highest BCUT2D eigenvalue weighted by atomic mass is 19.4. The number of carbonyl (C=O) groups excluding carboxylic acids is 2. The van der Waals surface area contributed by atoms with Crippen molar-refractivity contribution in [3.05, 3.63) is 23.9 Å². The van der Waals surface area contributed by atoms with Gasteiger partial charge < -0.3 is 16.0 Å². The lowest BCUT2D eigenvalue weighted by Crippen LogP contribution is -2.48. The summed E-state index contributed by atoms with van der Waals surface area (Å²) in [4.78, 5) is 30.6. The zero-order valence-corrected chi connectivity index (χ0v) is 16.3. The number of aromatic nitrogens is 1. The molecule has 2 fully saturated rings. The molecule has 1 aliphatic carbocycles. The molecule has 0 spiro atoms. The molecule has 0 bridgehead atoms. The summed E-state index contributed by atoms with van der Waals surface area (Å²) < 4.78 is 38.3. The van der Waals surface area contributed by atoms with Crippen LogP contribution < -0.4 is 11.1 Å². The minimum atomic E-state index is -4.48. The summed E-state index contributed by atoms with van der Waals surface area (Å²) in [5, 5.41) is 2.45. The largest absolute Gasteiger partial charge is 0.416 e. The average Bonchev–Trinajstić information content (AvgIpc) is 2.68. The fourth-order valence-corrected chi connectivity index (χ4v) is 4.19. The van der Waals surface area contributed by atoms with Gasteiger partial charge in [-0.25, -0.2) is 4.98 Å². The number of likely N-dealkylation sites (tertiary alicyclic amines) is 1. The van der Waals surface area contributed by atoms with E-state index in [4.69, 9.17) is 5.73 Å². The minimum absolute atomic E-state index is 0.0697. The number of halogens is 3. The Morgan fingerprint density at radius 3 is 2.52 bits per heavy atom. The highest BCUT2D eigenvalue weighted by Gasteiger charge is 2.34. The van der Waals surface area contributed by atoms with Crippen LogP contribution in [0.3, 0.4) is 0 Å². The van der Waals surface area contributed by atoms with Gasteiger partial charge in [-0.2, -0.15) is 13.2 Å². The number of piperidine rings is 1. The molecule has 2 aliphatic rings. The van der Waals surface area contributed by atoms with Crippen molar-refractivity contribution in [2.45, 2.75) is 57.2 Å². The number of alkyl halides is 3. The first-order chi connectivity index (χ1) is 13.7. The van der Waals surface area contributed by atoms with Crippen LogP contribution in [0.15, 0.2) is 18.3 Å². The third-order valence-corrected chi connectivity index (χ3v) is 5.89. The zero-order valence-electron chi connectivity index (χ0n) is 16.3. The molecule has 1 aliphatic heterocycles. The molecule has 0 radical (unpaired) electrons. The standard InChI is InChI=1S/C20H27F3N4O2/c21-20(22,23)14-5-8-25-17(12-14)26-18(28)11-13-6-9-27(10-7-13)19(29)15-3-1-2-4-16(15)24/h5,8,12-13,15-16H,1-4,6-7,9-11,24H2,(H,25,26,28). The Morgan fingerprint density at radius 2 is 1.86 bits per heavy atom. The van der Waals surface area contributed by atoms with E-state index in [1.807, 2.05) is 4.90 Å². The topological polar surface area (TPSA) is 88.3 Å². The van der Waals surface area contributed by atoms with Gasteiger partial charge in [0.15, 0.2) is 0 Å². The van der Waals surface area contributed by atoms with E-state index in [0.717, 1.165) is 44.0 Å². The van der Waals surface area contributed by atoms with Crippen molar-refractivity contribution in [3.8, 4) is 0 Å². The molecular formula is C20H27F3N4O2. The molecule has 1 aromatic rings. The number of nitrogens with one attached hydrogen (secondary N) is 1. The third-order valence-electron chi connectivity index (χ3n) is 5.89. The normalized spacial score (nSPS) is 23.7. The number of rotatable bonds is 4. The SMILES string of the molecule is NC1CCCCC1C(=O)N1CCC(CC(=O)Nc2cc(C(F)(F)F)ccn2)CC1. The van der Waals surface area contributed by atoms with E-state index in [-0.39, 0.29) is 41.9 Å². The van der Waals surface area contributed by atoms with Crippen molar-refractivity contribution in [2.75, 3.05) is 18.4 Å². The van der Waals surface area contributed by atoms with Crippen LogP contribution in [0.4, 0.5) is 19.0 Å². The second-order valence-corrected chi connectivity index (χ2v) is 8.00. The molecule has 6 nitrogen and oxygen atoms in total. The molecule has 9 heteroatoms. The van der Waals surface area contributed by atoms with Crippen LogP contribution in [-0.2, 0) is 15.8 Å². The van der Waals surface area contributed by atoms with Crippen molar-refractivity contribution in [1.82, 2.24) is 9.88 Å². The lowest BCUT2D eigenvalue weighted by atomic mass is 9.83. The molecular weight excluding hydrogens is 385 g/mol. The van der Waals surface area contributed by atoms with Gasteiger partial charge >= 0.3 is 6.18 Å². The average molecular weight is 412 g/mol. The fourth-order valence-electron chi connectivity index (χ4n) is 4.19. The van der Waals surface area contributed by atoms with Gasteiger partial charge in [0, 0.05) is 31.7 Å². The second-order valence-electron chi connectivity index (χ2n) is 8.00. The van der Waals surface area contributed by atoms with Gasteiger partial charge in [-0.05, 0) is 43.7 Å². The van der Waals surface area contributed by atoms with Gasteiger partial charge in [0.05, 0.1) is 11.5 Å². The Bertz CT molecular complexity index is 733. The van der Waals surface area contributed by atoms with Crippen molar-refractivity contribution in [1.29, 1.82) is 0 Å². The van der Waals surface area contributed by atoms with Crippen LogP contribution in [0, 0.1) is 11.8 Å². The van der Waals surface area contributed by atoms with Crippen LogP contribution >= 0.6 is 0 Å². The first kappa shape index (κ1) is 21.5. The molecule has 2 atom stereocenters. The van der Waals surface area contributed by atoms with E-state index in [0.29, 0.717) is 25.9 Å². The lowest BCUT2D eigenvalue weighted by molar-refractivity contribution is -0.139. The Kier molecular flexibility index (Phi) is 6.77. The van der Waals surface area contributed by atoms with Gasteiger partial charge in [-0.15, -0.1) is 0 Å². The Labute approximate surface area is 168 Å². The molecule has 2 unspecified atom stereocenters. The van der Waals surface area contributed by atoms with E-state index in [2.05, 4.69) is 10.3 Å². The van der Waals surface area contributed by atoms with E-state index >= 15 is 0 Å². The predicted molar refractivity (Wildman–Crippen MR) is 102 cm³/mol. The zero-order chi connectivity index (χ0) is 21.0. The van der Waals surface area contributed by atoms with Gasteiger partial charge in [0.25, 0.3) is 0 Å². The summed E-state index contributed by atoms with van der Waals surface area (Å²) in [5.74, 6) is -0.367. The van der Waals surface area contributed by atoms with E-state index < -0.39 is 11.7 Å². The van der Waals surface area contributed by atoms with E-state index in [1.165, 1.54) is 0 Å². The summed E-state index contributed by atoms with van der Waals surface area (Å²) >= 11 is 0. The van der Waals surface area contributed by atoms with Gasteiger partial charge in [-0.1, -0.05) is 12.8 Å². The molecule has 29 heavy (non-hydrogen) atoms. The van der Waals surface area contributed by atoms with Crippen LogP contribution in [0.5, 0.6) is 0 Å². The maximum absolute atomic E-state index is 12.8. The number of hydrogen-bond donors (Lipinski definition) is 2. The van der Waals surface area contributed by atoms with Gasteiger partial charge in [0.1, 0.15) is 5.82 Å². The highest BCUT2D eigenvalue weighted by Crippen LogP contribution is 2.30. The molecule has 160 valence electrons. The molecule has 3 rings (SSSR count). The minimum Gasteiger partial charge on any atom is -0.342 e. The van der Waals surface area contributed by atoms with Crippen LogP contribution in [0.25, 0.3) is 0 Å². The number of hydrogen-bond acceptors (Lipinski definition) is 4. The maximum atomic E-state index is 12.8. The van der Waals surface area contributed by atoms with Crippen molar-refractivity contribution in [2.24, 2.45) is 17.6 Å². The summed E-state index contributed by atoms with van der Waals surface area (Å²) in [6.07, 6.45) is 1.95. The number of amides is 2. The first-order valence-electron chi connectivity index (χ1n) is 10.1. The first-order valence-corrected chi connectivity index (χ1v) is 10.1. The van der Waals surface area contributed by atoms with Crippen LogP contribution in [0.1, 0.15) is 50.5 Å².